The third-order valence-corrected chi connectivity index (χ3v) is 4.96. The van der Waals surface area contributed by atoms with Crippen molar-refractivity contribution in [3.05, 3.63) is 30.0 Å². The fourth-order valence-corrected chi connectivity index (χ4v) is 3.18. The standard InChI is InChI=1S/C13H19N5O4S/c1-4-18-7-12(14-8-18)23(21,22)16-11(13(19)20)5-10-6-15-17(3)9(10)2/h6-8,11,16H,4-5H2,1-3H3,(H,19,20). The van der Waals surface area contributed by atoms with E-state index in [4.69, 9.17) is 0 Å². The number of hydrogen-bond acceptors (Lipinski definition) is 5. The number of aryl methyl sites for hydroxylation is 2. The van der Waals surface area contributed by atoms with Gasteiger partial charge in [-0.15, -0.1) is 0 Å². The van der Waals surface area contributed by atoms with Gasteiger partial charge in [-0.1, -0.05) is 0 Å². The SMILES string of the molecule is CCn1cnc(S(=O)(=O)NC(Cc2cnn(C)c2C)C(=O)O)c1. The zero-order valence-corrected chi connectivity index (χ0v) is 13.9. The van der Waals surface area contributed by atoms with E-state index in [-0.39, 0.29) is 11.4 Å². The molecule has 0 aliphatic rings. The first-order valence-corrected chi connectivity index (χ1v) is 8.47. The van der Waals surface area contributed by atoms with Crippen molar-refractivity contribution in [2.24, 2.45) is 7.05 Å². The van der Waals surface area contributed by atoms with Gasteiger partial charge >= 0.3 is 5.97 Å². The highest BCUT2D eigenvalue weighted by Crippen LogP contribution is 2.12. The van der Waals surface area contributed by atoms with Crippen LogP contribution >= 0.6 is 0 Å². The topological polar surface area (TPSA) is 119 Å². The van der Waals surface area contributed by atoms with Gasteiger partial charge in [0.15, 0.2) is 5.03 Å². The van der Waals surface area contributed by atoms with Crippen LogP contribution in [0.4, 0.5) is 0 Å². The quantitative estimate of drug-likeness (QED) is 0.727. The third kappa shape index (κ3) is 3.77. The maximum absolute atomic E-state index is 12.3. The van der Waals surface area contributed by atoms with Crippen LogP contribution in [0.2, 0.25) is 0 Å². The molecule has 0 aliphatic heterocycles. The largest absolute Gasteiger partial charge is 0.480 e. The van der Waals surface area contributed by atoms with Crippen molar-refractivity contribution in [2.45, 2.75) is 37.9 Å². The van der Waals surface area contributed by atoms with Gasteiger partial charge < -0.3 is 9.67 Å². The minimum absolute atomic E-state index is 0.00270. The van der Waals surface area contributed by atoms with Crippen LogP contribution in [0.1, 0.15) is 18.2 Å². The van der Waals surface area contributed by atoms with Crippen LogP contribution in [0.5, 0.6) is 0 Å². The number of carboxylic acid groups (broad SMARTS) is 1. The maximum atomic E-state index is 12.3. The molecular formula is C13H19N5O4S. The molecule has 0 fully saturated rings. The van der Waals surface area contributed by atoms with E-state index in [0.29, 0.717) is 12.1 Å². The first kappa shape index (κ1) is 17.2. The molecule has 0 radical (unpaired) electrons. The molecule has 9 nitrogen and oxygen atoms in total. The highest BCUT2D eigenvalue weighted by molar-refractivity contribution is 7.89. The van der Waals surface area contributed by atoms with Gasteiger partial charge in [-0.3, -0.25) is 9.48 Å². The second-order valence-corrected chi connectivity index (χ2v) is 6.80. The number of carbonyl (C=O) groups is 1. The summed E-state index contributed by atoms with van der Waals surface area (Å²) in [5.41, 5.74) is 1.45. The Kier molecular flexibility index (Phi) is 4.85. The molecule has 126 valence electrons. The Morgan fingerprint density at radius 1 is 1.48 bits per heavy atom. The summed E-state index contributed by atoms with van der Waals surface area (Å²) < 4.78 is 30.0. The van der Waals surface area contributed by atoms with Crippen LogP contribution in [0.25, 0.3) is 0 Å². The Labute approximate surface area is 134 Å². The van der Waals surface area contributed by atoms with E-state index in [2.05, 4.69) is 14.8 Å². The molecule has 2 aromatic heterocycles. The van der Waals surface area contributed by atoms with Crippen molar-refractivity contribution in [2.75, 3.05) is 0 Å². The van der Waals surface area contributed by atoms with Gasteiger partial charge in [0.2, 0.25) is 0 Å². The number of nitrogens with one attached hydrogen (secondary N) is 1. The van der Waals surface area contributed by atoms with Crippen molar-refractivity contribution < 1.29 is 18.3 Å². The average Bonchev–Trinajstić information content (AvgIpc) is 3.08. The number of nitrogens with zero attached hydrogens (tertiary/aromatic N) is 4. The predicted molar refractivity (Wildman–Crippen MR) is 81.3 cm³/mol. The predicted octanol–water partition coefficient (Wildman–Crippen LogP) is -0.0809. The molecule has 2 aromatic rings. The molecular weight excluding hydrogens is 322 g/mol. The number of aliphatic carboxylic acids is 1. The van der Waals surface area contributed by atoms with Crippen LogP contribution in [-0.4, -0.2) is 44.9 Å². The normalized spacial score (nSPS) is 13.2. The van der Waals surface area contributed by atoms with E-state index in [0.717, 1.165) is 5.69 Å². The molecule has 0 aliphatic carbocycles. The second kappa shape index (κ2) is 6.50. The highest BCUT2D eigenvalue weighted by Gasteiger charge is 2.28. The number of hydrogen-bond donors (Lipinski definition) is 2. The summed E-state index contributed by atoms with van der Waals surface area (Å²) in [6.07, 6.45) is 4.28. The summed E-state index contributed by atoms with van der Waals surface area (Å²) in [7, 11) is -2.28. The molecule has 1 atom stereocenters. The Morgan fingerprint density at radius 3 is 2.65 bits per heavy atom. The van der Waals surface area contributed by atoms with Gasteiger partial charge in [-0.25, -0.2) is 13.4 Å². The summed E-state index contributed by atoms with van der Waals surface area (Å²) >= 11 is 0. The molecule has 2 N–H and O–H groups in total. The van der Waals surface area contributed by atoms with Gasteiger partial charge in [-0.05, 0) is 19.4 Å². The lowest BCUT2D eigenvalue weighted by atomic mass is 10.1. The maximum Gasteiger partial charge on any atom is 0.322 e. The fraction of sp³-hybridized carbons (Fsp3) is 0.462. The number of sulfonamides is 1. The molecule has 2 heterocycles. The number of rotatable bonds is 7. The van der Waals surface area contributed by atoms with E-state index in [1.807, 2.05) is 6.92 Å². The summed E-state index contributed by atoms with van der Waals surface area (Å²) in [6.45, 7) is 4.20. The minimum Gasteiger partial charge on any atom is -0.480 e. The first-order valence-electron chi connectivity index (χ1n) is 6.99. The Bertz CT molecular complexity index is 808. The van der Waals surface area contributed by atoms with Crippen LogP contribution in [0.3, 0.4) is 0 Å². The van der Waals surface area contributed by atoms with E-state index >= 15 is 0 Å². The summed E-state index contributed by atoms with van der Waals surface area (Å²) in [4.78, 5) is 15.2. The lowest BCUT2D eigenvalue weighted by molar-refractivity contribution is -0.138. The second-order valence-electron chi connectivity index (χ2n) is 5.14. The molecule has 0 saturated carbocycles. The lowest BCUT2D eigenvalue weighted by Crippen LogP contribution is -2.42. The minimum atomic E-state index is -4.01. The van der Waals surface area contributed by atoms with Gasteiger partial charge in [0, 0.05) is 31.9 Å². The van der Waals surface area contributed by atoms with E-state index in [1.54, 1.807) is 23.2 Å². The summed E-state index contributed by atoms with van der Waals surface area (Å²) in [5, 5.41) is 13.1. The summed E-state index contributed by atoms with van der Waals surface area (Å²) in [6, 6.07) is -1.30. The van der Waals surface area contributed by atoms with Crippen molar-refractivity contribution in [1.82, 2.24) is 24.1 Å². The van der Waals surface area contributed by atoms with Crippen LogP contribution in [0.15, 0.2) is 23.7 Å². The van der Waals surface area contributed by atoms with Crippen LogP contribution in [0, 0.1) is 6.92 Å². The summed E-state index contributed by atoms with van der Waals surface area (Å²) in [5.74, 6) is -1.26. The van der Waals surface area contributed by atoms with E-state index in [9.17, 15) is 18.3 Å². The lowest BCUT2D eigenvalue weighted by Gasteiger charge is -2.13. The van der Waals surface area contributed by atoms with Gasteiger partial charge in [0.05, 0.1) is 12.5 Å². The highest BCUT2D eigenvalue weighted by atomic mass is 32.2. The fourth-order valence-electron chi connectivity index (χ4n) is 2.04. The van der Waals surface area contributed by atoms with Gasteiger partial charge in [0.1, 0.15) is 6.04 Å². The molecule has 0 saturated heterocycles. The van der Waals surface area contributed by atoms with E-state index in [1.165, 1.54) is 18.7 Å². The molecule has 0 aromatic carbocycles. The van der Waals surface area contributed by atoms with Crippen molar-refractivity contribution in [1.29, 1.82) is 0 Å². The zero-order valence-electron chi connectivity index (χ0n) is 13.1. The van der Waals surface area contributed by atoms with Crippen molar-refractivity contribution in [3.8, 4) is 0 Å². The Balaban J connectivity index is 2.21. The average molecular weight is 341 g/mol. The molecule has 0 spiro atoms. The number of aromatic nitrogens is 4. The molecule has 0 amide bonds. The van der Waals surface area contributed by atoms with Crippen molar-refractivity contribution in [3.63, 3.8) is 0 Å². The zero-order chi connectivity index (χ0) is 17.2. The smallest absolute Gasteiger partial charge is 0.322 e. The van der Waals surface area contributed by atoms with Crippen molar-refractivity contribution >= 4 is 16.0 Å². The van der Waals surface area contributed by atoms with Gasteiger partial charge in [-0.2, -0.15) is 9.82 Å². The number of imidazole rings is 1. The molecule has 23 heavy (non-hydrogen) atoms. The molecule has 0 bridgehead atoms. The Hall–Kier alpha value is -2.20. The van der Waals surface area contributed by atoms with Crippen LogP contribution < -0.4 is 4.72 Å². The number of carboxylic acids is 1. The third-order valence-electron chi connectivity index (χ3n) is 3.61. The molecule has 10 heteroatoms. The molecule has 2 rings (SSSR count). The molecule has 1 unspecified atom stereocenters. The van der Waals surface area contributed by atoms with Gasteiger partial charge in [0.25, 0.3) is 10.0 Å². The first-order chi connectivity index (χ1) is 10.7. The van der Waals surface area contributed by atoms with Crippen LogP contribution in [-0.2, 0) is 34.8 Å². The Morgan fingerprint density at radius 2 is 2.17 bits per heavy atom. The monoisotopic (exact) mass is 341 g/mol. The van der Waals surface area contributed by atoms with E-state index < -0.39 is 22.0 Å².